The number of anilines is 1. The number of amides is 1. The zero-order valence-electron chi connectivity index (χ0n) is 16.5. The molecule has 1 aromatic heterocycles. The smallest absolute Gasteiger partial charge is 0.238 e. The number of hydrogen-bond donors (Lipinski definition) is 3. The summed E-state index contributed by atoms with van der Waals surface area (Å²) in [6, 6.07) is 14.4. The van der Waals surface area contributed by atoms with E-state index in [1.807, 2.05) is 24.3 Å². The predicted molar refractivity (Wildman–Crippen MR) is 116 cm³/mol. The molecule has 8 nitrogen and oxygen atoms in total. The number of benzene rings is 2. The lowest BCUT2D eigenvalue weighted by Crippen LogP contribution is -2.41. The minimum Gasteiger partial charge on any atom is -0.356 e. The molecule has 0 saturated carbocycles. The maximum absolute atomic E-state index is 12.5. The molecule has 1 aliphatic heterocycles. The Balaban J connectivity index is 1.24. The quantitative estimate of drug-likeness (QED) is 0.554. The van der Waals surface area contributed by atoms with E-state index in [0.29, 0.717) is 13.0 Å². The molecule has 1 saturated heterocycles. The van der Waals surface area contributed by atoms with Gasteiger partial charge in [0.2, 0.25) is 21.9 Å². The first kappa shape index (κ1) is 20.4. The van der Waals surface area contributed by atoms with Crippen LogP contribution in [-0.2, 0) is 21.2 Å². The van der Waals surface area contributed by atoms with E-state index < -0.39 is 10.0 Å². The number of imidazole rings is 1. The summed E-state index contributed by atoms with van der Waals surface area (Å²) < 4.78 is 22.6. The van der Waals surface area contributed by atoms with Gasteiger partial charge in [-0.1, -0.05) is 24.3 Å². The standard InChI is InChI=1S/C21H25N5O3S/c22-30(28,29)17-7-5-15(6-8-17)9-12-23-20(27)16-10-13-26(14-11-16)21-24-18-3-1-2-4-19(18)25-21/h1-8,16H,9-14H2,(H,23,27)(H,24,25)(H2,22,28,29). The van der Waals surface area contributed by atoms with Crippen LogP contribution in [0.5, 0.6) is 0 Å². The number of piperidine rings is 1. The third-order valence-corrected chi connectivity index (χ3v) is 6.44. The molecule has 2 aromatic carbocycles. The van der Waals surface area contributed by atoms with Crippen molar-refractivity contribution in [1.29, 1.82) is 0 Å². The summed E-state index contributed by atoms with van der Waals surface area (Å²) in [5.74, 6) is 0.925. The molecule has 1 aliphatic rings. The van der Waals surface area contributed by atoms with E-state index in [0.717, 1.165) is 48.5 Å². The Morgan fingerprint density at radius 1 is 1.13 bits per heavy atom. The Hall–Kier alpha value is -2.91. The first-order valence-electron chi connectivity index (χ1n) is 9.99. The number of nitrogens with two attached hydrogens (primary N) is 1. The van der Waals surface area contributed by atoms with E-state index in [4.69, 9.17) is 5.14 Å². The van der Waals surface area contributed by atoms with E-state index in [9.17, 15) is 13.2 Å². The molecule has 0 atom stereocenters. The Morgan fingerprint density at radius 2 is 1.83 bits per heavy atom. The molecule has 0 spiro atoms. The van der Waals surface area contributed by atoms with Crippen LogP contribution < -0.4 is 15.4 Å². The Kier molecular flexibility index (Phi) is 5.74. The molecule has 158 valence electrons. The lowest BCUT2D eigenvalue weighted by Gasteiger charge is -2.31. The van der Waals surface area contributed by atoms with Crippen LogP contribution in [0.15, 0.2) is 53.4 Å². The van der Waals surface area contributed by atoms with Gasteiger partial charge in [-0.25, -0.2) is 18.5 Å². The van der Waals surface area contributed by atoms with Gasteiger partial charge in [-0.05, 0) is 49.1 Å². The van der Waals surface area contributed by atoms with Crippen molar-refractivity contribution in [2.75, 3.05) is 24.5 Å². The van der Waals surface area contributed by atoms with Gasteiger partial charge in [0.25, 0.3) is 0 Å². The highest BCUT2D eigenvalue weighted by molar-refractivity contribution is 7.89. The van der Waals surface area contributed by atoms with Gasteiger partial charge in [0.1, 0.15) is 0 Å². The van der Waals surface area contributed by atoms with Crippen molar-refractivity contribution in [1.82, 2.24) is 15.3 Å². The largest absolute Gasteiger partial charge is 0.356 e. The number of hydrogen-bond acceptors (Lipinski definition) is 5. The van der Waals surface area contributed by atoms with Crippen molar-refractivity contribution >= 4 is 32.9 Å². The second-order valence-electron chi connectivity index (χ2n) is 7.57. The normalized spacial score (nSPS) is 15.4. The van der Waals surface area contributed by atoms with Crippen molar-refractivity contribution in [3.8, 4) is 0 Å². The molecule has 0 radical (unpaired) electrons. The second-order valence-corrected chi connectivity index (χ2v) is 9.13. The van der Waals surface area contributed by atoms with Gasteiger partial charge < -0.3 is 15.2 Å². The highest BCUT2D eigenvalue weighted by atomic mass is 32.2. The Bertz CT molecular complexity index is 1100. The summed E-state index contributed by atoms with van der Waals surface area (Å²) >= 11 is 0. The van der Waals surface area contributed by atoms with Crippen LogP contribution in [0.4, 0.5) is 5.95 Å². The number of aromatic amines is 1. The van der Waals surface area contributed by atoms with E-state index in [-0.39, 0.29) is 16.7 Å². The third kappa shape index (κ3) is 4.63. The number of nitrogens with one attached hydrogen (secondary N) is 2. The summed E-state index contributed by atoms with van der Waals surface area (Å²) in [4.78, 5) is 22.8. The molecule has 3 aromatic rings. The van der Waals surface area contributed by atoms with Crippen LogP contribution in [0.2, 0.25) is 0 Å². The Morgan fingerprint density at radius 3 is 2.50 bits per heavy atom. The fourth-order valence-corrected chi connectivity index (χ4v) is 4.28. The van der Waals surface area contributed by atoms with Crippen molar-refractivity contribution in [2.45, 2.75) is 24.2 Å². The van der Waals surface area contributed by atoms with Gasteiger partial charge in [0.15, 0.2) is 0 Å². The molecular weight excluding hydrogens is 402 g/mol. The SMILES string of the molecule is NS(=O)(=O)c1ccc(CCNC(=O)C2CCN(c3nc4ccccc4[nH]3)CC2)cc1. The number of fused-ring (bicyclic) bond motifs is 1. The monoisotopic (exact) mass is 427 g/mol. The molecule has 4 N–H and O–H groups in total. The fourth-order valence-electron chi connectivity index (χ4n) is 3.76. The number of para-hydroxylation sites is 2. The summed E-state index contributed by atoms with van der Waals surface area (Å²) in [6.45, 7) is 2.08. The number of primary sulfonamides is 1. The van der Waals surface area contributed by atoms with Gasteiger partial charge in [-0.2, -0.15) is 0 Å². The number of rotatable bonds is 6. The molecule has 0 bridgehead atoms. The molecular formula is C21H25N5O3S. The molecule has 0 aliphatic carbocycles. The van der Waals surface area contributed by atoms with Crippen molar-refractivity contribution in [2.24, 2.45) is 11.1 Å². The van der Waals surface area contributed by atoms with Crippen LogP contribution in [0.3, 0.4) is 0 Å². The molecule has 1 amide bonds. The average molecular weight is 428 g/mol. The minimum atomic E-state index is -3.68. The van der Waals surface area contributed by atoms with Gasteiger partial charge in [0, 0.05) is 25.6 Å². The van der Waals surface area contributed by atoms with Gasteiger partial charge in [-0.15, -0.1) is 0 Å². The summed E-state index contributed by atoms with van der Waals surface area (Å²) in [7, 11) is -3.68. The summed E-state index contributed by atoms with van der Waals surface area (Å²) in [6.07, 6.45) is 2.20. The van der Waals surface area contributed by atoms with Crippen LogP contribution >= 0.6 is 0 Å². The summed E-state index contributed by atoms with van der Waals surface area (Å²) in [5, 5.41) is 8.10. The average Bonchev–Trinajstić information content (AvgIpc) is 3.18. The number of carbonyl (C=O) groups excluding carboxylic acids is 1. The number of nitrogens with zero attached hydrogens (tertiary/aromatic N) is 2. The molecule has 9 heteroatoms. The number of sulfonamides is 1. The maximum Gasteiger partial charge on any atom is 0.238 e. The second kappa shape index (κ2) is 8.45. The van der Waals surface area contributed by atoms with Crippen LogP contribution in [0, 0.1) is 5.92 Å². The van der Waals surface area contributed by atoms with Crippen molar-refractivity contribution < 1.29 is 13.2 Å². The fraction of sp³-hybridized carbons (Fsp3) is 0.333. The van der Waals surface area contributed by atoms with Gasteiger partial charge in [0.05, 0.1) is 15.9 Å². The lowest BCUT2D eigenvalue weighted by molar-refractivity contribution is -0.125. The van der Waals surface area contributed by atoms with Crippen molar-refractivity contribution in [3.63, 3.8) is 0 Å². The number of carbonyl (C=O) groups is 1. The van der Waals surface area contributed by atoms with E-state index in [2.05, 4.69) is 20.2 Å². The zero-order chi connectivity index (χ0) is 21.1. The zero-order valence-corrected chi connectivity index (χ0v) is 17.4. The highest BCUT2D eigenvalue weighted by Crippen LogP contribution is 2.23. The number of aromatic nitrogens is 2. The molecule has 4 rings (SSSR count). The highest BCUT2D eigenvalue weighted by Gasteiger charge is 2.26. The topological polar surface area (TPSA) is 121 Å². The molecule has 0 unspecified atom stereocenters. The molecule has 1 fully saturated rings. The maximum atomic E-state index is 12.5. The minimum absolute atomic E-state index is 0.00427. The van der Waals surface area contributed by atoms with Crippen LogP contribution in [0.1, 0.15) is 18.4 Å². The Labute approximate surface area is 175 Å². The lowest BCUT2D eigenvalue weighted by atomic mass is 9.96. The number of H-pyrrole nitrogens is 1. The van der Waals surface area contributed by atoms with Crippen molar-refractivity contribution in [3.05, 3.63) is 54.1 Å². The third-order valence-electron chi connectivity index (χ3n) is 5.51. The van der Waals surface area contributed by atoms with Gasteiger partial charge in [-0.3, -0.25) is 4.79 Å². The predicted octanol–water partition coefficient (Wildman–Crippen LogP) is 1.79. The molecule has 30 heavy (non-hydrogen) atoms. The van der Waals surface area contributed by atoms with E-state index in [1.165, 1.54) is 12.1 Å². The van der Waals surface area contributed by atoms with Crippen LogP contribution in [-0.4, -0.2) is 43.9 Å². The first-order chi connectivity index (χ1) is 14.4. The van der Waals surface area contributed by atoms with Crippen LogP contribution in [0.25, 0.3) is 11.0 Å². The first-order valence-corrected chi connectivity index (χ1v) is 11.5. The summed E-state index contributed by atoms with van der Waals surface area (Å²) in [5.41, 5.74) is 2.91. The van der Waals surface area contributed by atoms with E-state index >= 15 is 0 Å². The van der Waals surface area contributed by atoms with E-state index in [1.54, 1.807) is 12.1 Å². The van der Waals surface area contributed by atoms with Gasteiger partial charge >= 0.3 is 0 Å². The molecule has 2 heterocycles.